The van der Waals surface area contributed by atoms with Gasteiger partial charge < -0.3 is 10.8 Å². The number of rotatable bonds is 2. The zero-order chi connectivity index (χ0) is 10.8. The molecule has 4 heteroatoms. The minimum absolute atomic E-state index is 0.241. The Hall–Kier alpha value is -1.94. The Morgan fingerprint density at radius 3 is 2.80 bits per heavy atom. The van der Waals surface area contributed by atoms with Crippen LogP contribution in [0.4, 0.5) is 0 Å². The second kappa shape index (κ2) is 3.67. The lowest BCUT2D eigenvalue weighted by Crippen LogP contribution is -2.05. The number of carboxylic acids is 1. The fourth-order valence-corrected chi connectivity index (χ4v) is 1.51. The fraction of sp³-hybridized carbons (Fsp3) is 0.0909. The lowest BCUT2D eigenvalue weighted by Gasteiger charge is -2.04. The maximum atomic E-state index is 11.0. The minimum atomic E-state index is -0.955. The predicted molar refractivity (Wildman–Crippen MR) is 56.6 cm³/mol. The summed E-state index contributed by atoms with van der Waals surface area (Å²) in [7, 11) is 0. The molecule has 3 N–H and O–H groups in total. The summed E-state index contributed by atoms with van der Waals surface area (Å²) in [5, 5.41) is 9.68. The van der Waals surface area contributed by atoms with Gasteiger partial charge in [-0.25, -0.2) is 4.79 Å². The number of aromatic carboxylic acids is 1. The zero-order valence-corrected chi connectivity index (χ0v) is 7.97. The highest BCUT2D eigenvalue weighted by Gasteiger charge is 2.10. The molecule has 1 aromatic carbocycles. The van der Waals surface area contributed by atoms with Gasteiger partial charge in [0.2, 0.25) is 0 Å². The van der Waals surface area contributed by atoms with Crippen LogP contribution in [0.15, 0.2) is 30.3 Å². The van der Waals surface area contributed by atoms with Gasteiger partial charge in [0, 0.05) is 11.9 Å². The number of pyridine rings is 1. The van der Waals surface area contributed by atoms with Crippen molar-refractivity contribution >= 4 is 16.9 Å². The van der Waals surface area contributed by atoms with Crippen LogP contribution in [0.2, 0.25) is 0 Å². The largest absolute Gasteiger partial charge is 0.478 e. The lowest BCUT2D eigenvalue weighted by atomic mass is 10.1. The number of hydrogen-bond donors (Lipinski definition) is 2. The second-order valence-electron chi connectivity index (χ2n) is 3.19. The summed E-state index contributed by atoms with van der Waals surface area (Å²) in [5.74, 6) is -0.955. The zero-order valence-electron chi connectivity index (χ0n) is 7.97. The Balaban J connectivity index is 2.80. The Morgan fingerprint density at radius 2 is 2.13 bits per heavy atom. The number of benzene rings is 1. The van der Waals surface area contributed by atoms with Gasteiger partial charge in [0.1, 0.15) is 0 Å². The van der Waals surface area contributed by atoms with Crippen molar-refractivity contribution in [3.05, 3.63) is 41.6 Å². The molecule has 0 saturated carbocycles. The molecule has 4 nitrogen and oxygen atoms in total. The highest BCUT2D eigenvalue weighted by Crippen LogP contribution is 2.18. The van der Waals surface area contributed by atoms with E-state index >= 15 is 0 Å². The van der Waals surface area contributed by atoms with Gasteiger partial charge in [-0.3, -0.25) is 4.98 Å². The third-order valence-electron chi connectivity index (χ3n) is 2.21. The summed E-state index contributed by atoms with van der Waals surface area (Å²) in [4.78, 5) is 15.3. The van der Waals surface area contributed by atoms with Gasteiger partial charge in [-0.2, -0.15) is 0 Å². The van der Waals surface area contributed by atoms with Crippen molar-refractivity contribution in [3.63, 3.8) is 0 Å². The summed E-state index contributed by atoms with van der Waals surface area (Å²) < 4.78 is 0. The Morgan fingerprint density at radius 1 is 1.40 bits per heavy atom. The van der Waals surface area contributed by atoms with Gasteiger partial charge >= 0.3 is 5.97 Å². The Labute approximate surface area is 86.4 Å². The number of para-hydroxylation sites is 1. The summed E-state index contributed by atoms with van der Waals surface area (Å²) >= 11 is 0. The minimum Gasteiger partial charge on any atom is -0.478 e. The Kier molecular flexibility index (Phi) is 2.35. The molecule has 0 amide bonds. The van der Waals surface area contributed by atoms with Crippen LogP contribution in [0.25, 0.3) is 10.9 Å². The van der Waals surface area contributed by atoms with Crippen molar-refractivity contribution in [3.8, 4) is 0 Å². The highest BCUT2D eigenvalue weighted by atomic mass is 16.4. The van der Waals surface area contributed by atoms with Crippen LogP contribution in [-0.4, -0.2) is 16.1 Å². The molecule has 0 saturated heterocycles. The molecule has 0 fully saturated rings. The van der Waals surface area contributed by atoms with Gasteiger partial charge in [-0.15, -0.1) is 0 Å². The molecule has 2 aromatic rings. The number of hydrogen-bond acceptors (Lipinski definition) is 3. The van der Waals surface area contributed by atoms with Gasteiger partial charge in [0.25, 0.3) is 0 Å². The molecule has 0 atom stereocenters. The predicted octanol–water partition coefficient (Wildman–Crippen LogP) is 1.39. The molecule has 0 aliphatic heterocycles. The molecule has 0 aliphatic carbocycles. The van der Waals surface area contributed by atoms with Crippen LogP contribution in [0.1, 0.15) is 16.1 Å². The monoisotopic (exact) mass is 202 g/mol. The molecule has 0 aliphatic rings. The van der Waals surface area contributed by atoms with Crippen molar-refractivity contribution in [2.24, 2.45) is 5.73 Å². The molecule has 1 aromatic heterocycles. The van der Waals surface area contributed by atoms with E-state index in [0.29, 0.717) is 16.6 Å². The van der Waals surface area contributed by atoms with E-state index in [4.69, 9.17) is 10.8 Å². The summed E-state index contributed by atoms with van der Waals surface area (Å²) in [6.07, 6.45) is 0. The van der Waals surface area contributed by atoms with E-state index in [9.17, 15) is 4.79 Å². The molecule has 0 unspecified atom stereocenters. The summed E-state index contributed by atoms with van der Waals surface area (Å²) in [6, 6.07) is 8.65. The fourth-order valence-electron chi connectivity index (χ4n) is 1.51. The maximum absolute atomic E-state index is 11.0. The standard InChI is InChI=1S/C11H10N2O2/c12-6-7-5-9(11(14)15)8-3-1-2-4-10(8)13-7/h1-5H,6,12H2,(H,14,15). The van der Waals surface area contributed by atoms with E-state index in [1.54, 1.807) is 18.2 Å². The summed E-state index contributed by atoms with van der Waals surface area (Å²) in [6.45, 7) is 0.241. The van der Waals surface area contributed by atoms with E-state index < -0.39 is 5.97 Å². The summed E-state index contributed by atoms with van der Waals surface area (Å²) in [5.41, 5.74) is 6.96. The third-order valence-corrected chi connectivity index (χ3v) is 2.21. The first-order valence-corrected chi connectivity index (χ1v) is 4.54. The van der Waals surface area contributed by atoms with E-state index in [1.165, 1.54) is 6.07 Å². The van der Waals surface area contributed by atoms with Crippen LogP contribution < -0.4 is 5.73 Å². The first-order valence-electron chi connectivity index (χ1n) is 4.54. The molecule has 0 bridgehead atoms. The van der Waals surface area contributed by atoms with E-state index in [1.807, 2.05) is 6.07 Å². The highest BCUT2D eigenvalue weighted by molar-refractivity contribution is 6.02. The molecular weight excluding hydrogens is 192 g/mol. The number of nitrogens with zero attached hydrogens (tertiary/aromatic N) is 1. The van der Waals surface area contributed by atoms with Gasteiger partial charge in [0.05, 0.1) is 16.8 Å². The first kappa shape index (κ1) is 9.61. The second-order valence-corrected chi connectivity index (χ2v) is 3.19. The van der Waals surface area contributed by atoms with Crippen molar-refractivity contribution in [2.45, 2.75) is 6.54 Å². The first-order chi connectivity index (χ1) is 7.22. The van der Waals surface area contributed by atoms with Crippen molar-refractivity contribution in [1.82, 2.24) is 4.98 Å². The van der Waals surface area contributed by atoms with Crippen LogP contribution in [-0.2, 0) is 6.54 Å². The van der Waals surface area contributed by atoms with Crippen LogP contribution in [0.3, 0.4) is 0 Å². The quantitative estimate of drug-likeness (QED) is 0.771. The molecule has 0 spiro atoms. The van der Waals surface area contributed by atoms with E-state index in [0.717, 1.165) is 0 Å². The number of carbonyl (C=O) groups is 1. The molecule has 1 heterocycles. The van der Waals surface area contributed by atoms with Crippen LogP contribution >= 0.6 is 0 Å². The van der Waals surface area contributed by atoms with Crippen molar-refractivity contribution in [1.29, 1.82) is 0 Å². The molecule has 0 radical (unpaired) electrons. The average Bonchev–Trinajstić information content (AvgIpc) is 2.27. The van der Waals surface area contributed by atoms with Crippen molar-refractivity contribution < 1.29 is 9.90 Å². The molecule has 2 rings (SSSR count). The molecule has 76 valence electrons. The number of carboxylic acid groups (broad SMARTS) is 1. The van der Waals surface area contributed by atoms with E-state index in [2.05, 4.69) is 4.98 Å². The third kappa shape index (κ3) is 1.67. The van der Waals surface area contributed by atoms with Gasteiger partial charge in [0.15, 0.2) is 0 Å². The molecular formula is C11H10N2O2. The van der Waals surface area contributed by atoms with Crippen LogP contribution in [0.5, 0.6) is 0 Å². The van der Waals surface area contributed by atoms with E-state index in [-0.39, 0.29) is 12.1 Å². The van der Waals surface area contributed by atoms with Gasteiger partial charge in [-0.05, 0) is 12.1 Å². The number of fused-ring (bicyclic) bond motifs is 1. The smallest absolute Gasteiger partial charge is 0.336 e. The topological polar surface area (TPSA) is 76.2 Å². The van der Waals surface area contributed by atoms with Crippen molar-refractivity contribution in [2.75, 3.05) is 0 Å². The van der Waals surface area contributed by atoms with Crippen LogP contribution in [0, 0.1) is 0 Å². The maximum Gasteiger partial charge on any atom is 0.336 e. The number of nitrogens with two attached hydrogens (primary N) is 1. The lowest BCUT2D eigenvalue weighted by molar-refractivity contribution is 0.0699. The normalized spacial score (nSPS) is 10.5. The molecule has 15 heavy (non-hydrogen) atoms. The Bertz CT molecular complexity index is 523. The average molecular weight is 202 g/mol. The SMILES string of the molecule is NCc1cc(C(=O)O)c2ccccc2n1. The number of aromatic nitrogens is 1. The van der Waals surface area contributed by atoms with Gasteiger partial charge in [-0.1, -0.05) is 18.2 Å².